The lowest BCUT2D eigenvalue weighted by molar-refractivity contribution is -0.142. The van der Waals surface area contributed by atoms with E-state index in [1.54, 1.807) is 0 Å². The van der Waals surface area contributed by atoms with Gasteiger partial charge in [0.2, 0.25) is 5.78 Å². The van der Waals surface area contributed by atoms with Crippen LogP contribution in [-0.4, -0.2) is 21.7 Å². The lowest BCUT2D eigenvalue weighted by Gasteiger charge is -2.03. The van der Waals surface area contributed by atoms with Crippen molar-refractivity contribution < 1.29 is 18.7 Å². The Bertz CT molecular complexity index is 624. The lowest BCUT2D eigenvalue weighted by Crippen LogP contribution is -2.07. The van der Waals surface area contributed by atoms with E-state index in [-0.39, 0.29) is 18.1 Å². The van der Waals surface area contributed by atoms with Crippen LogP contribution in [0, 0.1) is 5.82 Å². The van der Waals surface area contributed by atoms with Gasteiger partial charge in [-0.3, -0.25) is 14.6 Å². The van der Waals surface area contributed by atoms with Gasteiger partial charge < -0.3 is 4.74 Å². The highest BCUT2D eigenvalue weighted by Crippen LogP contribution is 2.08. The van der Waals surface area contributed by atoms with Crippen molar-refractivity contribution in [3.63, 3.8) is 0 Å². The fourth-order valence-corrected chi connectivity index (χ4v) is 1.47. The molecule has 0 aliphatic heterocycles. The summed E-state index contributed by atoms with van der Waals surface area (Å²) in [6.45, 7) is 1.30. The fourth-order valence-electron chi connectivity index (χ4n) is 1.47. The van der Waals surface area contributed by atoms with E-state index in [0.29, 0.717) is 11.3 Å². The summed E-state index contributed by atoms with van der Waals surface area (Å²) < 4.78 is 17.5. The van der Waals surface area contributed by atoms with Crippen molar-refractivity contribution in [2.24, 2.45) is 0 Å². The second-order valence-corrected chi connectivity index (χ2v) is 4.01. The number of esters is 1. The number of carbonyl (C=O) groups is 2. The Morgan fingerprint density at radius 1 is 1.15 bits per heavy atom. The zero-order chi connectivity index (χ0) is 14.5. The number of halogens is 1. The van der Waals surface area contributed by atoms with E-state index in [1.165, 1.54) is 43.6 Å². The van der Waals surface area contributed by atoms with Crippen LogP contribution in [-0.2, 0) is 16.1 Å². The quantitative estimate of drug-likeness (QED) is 0.629. The molecular weight excluding hydrogens is 263 g/mol. The van der Waals surface area contributed by atoms with Crippen molar-refractivity contribution >= 4 is 11.8 Å². The predicted molar refractivity (Wildman–Crippen MR) is 67.3 cm³/mol. The molecule has 0 fully saturated rings. The molecule has 0 bridgehead atoms. The Balaban J connectivity index is 2.11. The van der Waals surface area contributed by atoms with Gasteiger partial charge in [0, 0.05) is 12.5 Å². The molecule has 0 saturated heterocycles. The number of aromatic nitrogens is 2. The van der Waals surface area contributed by atoms with Crippen LogP contribution in [0.15, 0.2) is 36.7 Å². The summed E-state index contributed by atoms with van der Waals surface area (Å²) in [7, 11) is 0. The Kier molecular flexibility index (Phi) is 4.14. The molecule has 0 aliphatic rings. The lowest BCUT2D eigenvalue weighted by atomic mass is 10.1. The first kappa shape index (κ1) is 13.8. The molecule has 0 radical (unpaired) electrons. The molecular formula is C14H11FN2O3. The van der Waals surface area contributed by atoms with E-state index in [1.807, 2.05) is 0 Å². The highest BCUT2D eigenvalue weighted by Gasteiger charge is 2.11. The molecule has 6 heteroatoms. The number of hydrogen-bond acceptors (Lipinski definition) is 5. The van der Waals surface area contributed by atoms with Gasteiger partial charge in [-0.25, -0.2) is 9.37 Å². The topological polar surface area (TPSA) is 69.2 Å². The van der Waals surface area contributed by atoms with Gasteiger partial charge >= 0.3 is 5.97 Å². The summed E-state index contributed by atoms with van der Waals surface area (Å²) >= 11 is 0. The number of hydrogen-bond donors (Lipinski definition) is 0. The summed E-state index contributed by atoms with van der Waals surface area (Å²) in [5.74, 6) is -1.18. The summed E-state index contributed by atoms with van der Waals surface area (Å²) in [5, 5.41) is 0. The average Bonchev–Trinajstić information content (AvgIpc) is 2.46. The highest BCUT2D eigenvalue weighted by atomic mass is 19.1. The molecule has 1 heterocycles. The summed E-state index contributed by atoms with van der Waals surface area (Å²) in [4.78, 5) is 30.6. The van der Waals surface area contributed by atoms with Crippen LogP contribution in [0.4, 0.5) is 4.39 Å². The molecule has 0 atom stereocenters. The third kappa shape index (κ3) is 3.44. The molecule has 0 aliphatic carbocycles. The molecule has 5 nitrogen and oxygen atoms in total. The second-order valence-electron chi connectivity index (χ2n) is 4.01. The van der Waals surface area contributed by atoms with Gasteiger partial charge in [-0.15, -0.1) is 0 Å². The summed E-state index contributed by atoms with van der Waals surface area (Å²) in [6, 6.07) is 5.17. The average molecular weight is 274 g/mol. The van der Waals surface area contributed by atoms with Gasteiger partial charge in [-0.05, 0) is 24.3 Å². The molecule has 0 spiro atoms. The molecule has 2 aromatic rings. The Labute approximate surface area is 114 Å². The van der Waals surface area contributed by atoms with Gasteiger partial charge in [0.1, 0.15) is 18.1 Å². The van der Waals surface area contributed by atoms with E-state index in [9.17, 15) is 14.0 Å². The Morgan fingerprint density at radius 3 is 2.40 bits per heavy atom. The minimum Gasteiger partial charge on any atom is -0.459 e. The number of ketones is 1. The number of ether oxygens (including phenoxy) is 1. The van der Waals surface area contributed by atoms with Crippen molar-refractivity contribution in [1.29, 1.82) is 0 Å². The zero-order valence-electron chi connectivity index (χ0n) is 10.7. The van der Waals surface area contributed by atoms with Crippen LogP contribution < -0.4 is 0 Å². The fraction of sp³-hybridized carbons (Fsp3) is 0.143. The van der Waals surface area contributed by atoms with E-state index >= 15 is 0 Å². The molecule has 1 aromatic heterocycles. The van der Waals surface area contributed by atoms with E-state index in [4.69, 9.17) is 4.74 Å². The van der Waals surface area contributed by atoms with Crippen molar-refractivity contribution in [2.75, 3.05) is 0 Å². The van der Waals surface area contributed by atoms with E-state index in [0.717, 1.165) is 0 Å². The second kappa shape index (κ2) is 6.01. The van der Waals surface area contributed by atoms with Gasteiger partial charge in [0.25, 0.3) is 0 Å². The zero-order valence-corrected chi connectivity index (χ0v) is 10.7. The summed E-state index contributed by atoms with van der Waals surface area (Å²) in [6.07, 6.45) is 2.66. The minimum absolute atomic E-state index is 0.00729. The molecule has 102 valence electrons. The molecule has 0 unspecified atom stereocenters. The van der Waals surface area contributed by atoms with Crippen LogP contribution in [0.2, 0.25) is 0 Å². The van der Waals surface area contributed by atoms with Gasteiger partial charge in [0.15, 0.2) is 0 Å². The van der Waals surface area contributed by atoms with Crippen molar-refractivity contribution in [3.05, 3.63) is 59.4 Å². The van der Waals surface area contributed by atoms with Crippen LogP contribution >= 0.6 is 0 Å². The van der Waals surface area contributed by atoms with Crippen LogP contribution in [0.1, 0.15) is 28.7 Å². The van der Waals surface area contributed by atoms with E-state index in [2.05, 4.69) is 9.97 Å². The standard InChI is InChI=1S/C14H11FN2O3/c1-9(18)20-8-12-6-17-13(7-16-12)14(19)10-2-4-11(15)5-3-10/h2-7H,8H2,1H3. The molecule has 1 aromatic carbocycles. The maximum atomic E-state index is 12.8. The molecule has 0 amide bonds. The molecule has 0 N–H and O–H groups in total. The van der Waals surface area contributed by atoms with Crippen LogP contribution in [0.3, 0.4) is 0 Å². The van der Waals surface area contributed by atoms with Gasteiger partial charge in [0.05, 0.1) is 18.1 Å². The number of carbonyl (C=O) groups excluding carboxylic acids is 2. The van der Waals surface area contributed by atoms with Gasteiger partial charge in [-0.2, -0.15) is 0 Å². The number of nitrogens with zero attached hydrogens (tertiary/aromatic N) is 2. The number of benzene rings is 1. The maximum absolute atomic E-state index is 12.8. The number of rotatable bonds is 4. The third-order valence-electron chi connectivity index (χ3n) is 2.47. The molecule has 20 heavy (non-hydrogen) atoms. The molecule has 2 rings (SSSR count). The first-order chi connectivity index (χ1) is 9.56. The normalized spacial score (nSPS) is 10.1. The largest absolute Gasteiger partial charge is 0.459 e. The maximum Gasteiger partial charge on any atom is 0.303 e. The minimum atomic E-state index is -0.418. The van der Waals surface area contributed by atoms with Crippen molar-refractivity contribution in [2.45, 2.75) is 13.5 Å². The van der Waals surface area contributed by atoms with E-state index < -0.39 is 11.8 Å². The smallest absolute Gasteiger partial charge is 0.303 e. The summed E-state index contributed by atoms with van der Waals surface area (Å²) in [5.41, 5.74) is 0.910. The third-order valence-corrected chi connectivity index (χ3v) is 2.47. The Hall–Kier alpha value is -2.63. The van der Waals surface area contributed by atoms with Crippen molar-refractivity contribution in [1.82, 2.24) is 9.97 Å². The van der Waals surface area contributed by atoms with Crippen molar-refractivity contribution in [3.8, 4) is 0 Å². The monoisotopic (exact) mass is 274 g/mol. The molecule has 0 saturated carbocycles. The van der Waals surface area contributed by atoms with Crippen LogP contribution in [0.5, 0.6) is 0 Å². The van der Waals surface area contributed by atoms with Crippen LogP contribution in [0.25, 0.3) is 0 Å². The predicted octanol–water partition coefficient (Wildman–Crippen LogP) is 1.91. The first-order valence-corrected chi connectivity index (χ1v) is 5.81. The highest BCUT2D eigenvalue weighted by molar-refractivity contribution is 6.07. The first-order valence-electron chi connectivity index (χ1n) is 5.81. The Morgan fingerprint density at radius 2 is 1.85 bits per heavy atom. The SMILES string of the molecule is CC(=O)OCc1cnc(C(=O)c2ccc(F)cc2)cn1. The van der Waals surface area contributed by atoms with Gasteiger partial charge in [-0.1, -0.05) is 0 Å².